The van der Waals surface area contributed by atoms with E-state index in [9.17, 15) is 0 Å². The smallest absolute Gasteiger partial charge is 0.0547 e. The van der Waals surface area contributed by atoms with Gasteiger partial charge in [-0.3, -0.25) is 0 Å². The fourth-order valence-electron chi connectivity index (χ4n) is 7.70. The molecule has 0 saturated heterocycles. The molecule has 0 unspecified atom stereocenters. The highest BCUT2D eigenvalue weighted by atomic mass is 15.0. The molecule has 2 nitrogen and oxygen atoms in total. The molecule has 0 atom stereocenters. The van der Waals surface area contributed by atoms with Gasteiger partial charge in [0.15, 0.2) is 0 Å². The zero-order valence-electron chi connectivity index (χ0n) is 26.2. The van der Waals surface area contributed by atoms with Crippen LogP contribution >= 0.6 is 0 Å². The zero-order chi connectivity index (χ0) is 31.6. The van der Waals surface area contributed by atoms with E-state index in [-0.39, 0.29) is 0 Å². The standard InChI is InChI=1S/C46H30N2/c1-3-11-31(12-4-1)32-19-24-37(25-20-32)48-43-18-10-8-16-40(43)46-38-26-21-33(29-35(38)23-28-45(46)48)34-22-27-44-41(30-34)39-15-7-9-17-42(39)47(44)36-13-5-2-6-14-36/h1-30H. The molecular weight excluding hydrogens is 581 g/mol. The molecule has 2 aromatic heterocycles. The highest BCUT2D eigenvalue weighted by molar-refractivity contribution is 6.21. The Morgan fingerprint density at radius 1 is 0.271 bits per heavy atom. The van der Waals surface area contributed by atoms with Crippen LogP contribution in [0.2, 0.25) is 0 Å². The number of hydrogen-bond donors (Lipinski definition) is 0. The predicted molar refractivity (Wildman–Crippen MR) is 203 cm³/mol. The summed E-state index contributed by atoms with van der Waals surface area (Å²) in [5.41, 5.74) is 12.1. The molecule has 0 aliphatic rings. The van der Waals surface area contributed by atoms with E-state index in [1.54, 1.807) is 0 Å². The second-order valence-corrected chi connectivity index (χ2v) is 12.6. The van der Waals surface area contributed by atoms with Gasteiger partial charge < -0.3 is 9.13 Å². The van der Waals surface area contributed by atoms with Crippen molar-refractivity contribution >= 4 is 54.4 Å². The minimum Gasteiger partial charge on any atom is -0.309 e. The first kappa shape index (κ1) is 26.8. The molecule has 0 aliphatic carbocycles. The van der Waals surface area contributed by atoms with Crippen molar-refractivity contribution in [3.63, 3.8) is 0 Å². The van der Waals surface area contributed by atoms with Crippen molar-refractivity contribution in [2.45, 2.75) is 0 Å². The number of rotatable bonds is 4. The molecule has 0 aliphatic heterocycles. The van der Waals surface area contributed by atoms with Crippen LogP contribution in [0.5, 0.6) is 0 Å². The van der Waals surface area contributed by atoms with Crippen LogP contribution in [0.25, 0.3) is 88.0 Å². The SMILES string of the molecule is c1ccc(-c2ccc(-n3c4ccccc4c4c5ccc(-c6ccc7c(c6)c6ccccc6n7-c6ccccc6)cc5ccc43)cc2)cc1. The molecular formula is C46H30N2. The first-order valence-electron chi connectivity index (χ1n) is 16.5. The van der Waals surface area contributed by atoms with E-state index < -0.39 is 0 Å². The third kappa shape index (κ3) is 4.06. The Hall–Kier alpha value is -6.38. The van der Waals surface area contributed by atoms with E-state index in [0.29, 0.717) is 0 Å². The summed E-state index contributed by atoms with van der Waals surface area (Å²) in [6.45, 7) is 0. The fourth-order valence-corrected chi connectivity index (χ4v) is 7.70. The average molecular weight is 611 g/mol. The van der Waals surface area contributed by atoms with Crippen molar-refractivity contribution in [1.29, 1.82) is 0 Å². The second kappa shape index (κ2) is 10.6. The summed E-state index contributed by atoms with van der Waals surface area (Å²) in [5, 5.41) is 7.62. The molecule has 224 valence electrons. The van der Waals surface area contributed by atoms with Gasteiger partial charge in [-0.25, -0.2) is 0 Å². The topological polar surface area (TPSA) is 9.86 Å². The van der Waals surface area contributed by atoms with Crippen LogP contribution in [0.3, 0.4) is 0 Å². The third-order valence-electron chi connectivity index (χ3n) is 9.91. The molecule has 2 heterocycles. The Balaban J connectivity index is 1.12. The zero-order valence-corrected chi connectivity index (χ0v) is 26.2. The summed E-state index contributed by atoms with van der Waals surface area (Å²) < 4.78 is 4.78. The van der Waals surface area contributed by atoms with Crippen LogP contribution in [-0.4, -0.2) is 9.13 Å². The van der Waals surface area contributed by atoms with Crippen LogP contribution in [0.15, 0.2) is 182 Å². The fraction of sp³-hybridized carbons (Fsp3) is 0. The van der Waals surface area contributed by atoms with Gasteiger partial charge in [-0.15, -0.1) is 0 Å². The molecule has 10 rings (SSSR count). The average Bonchev–Trinajstić information content (AvgIpc) is 3.68. The van der Waals surface area contributed by atoms with E-state index in [0.717, 1.165) is 0 Å². The normalized spacial score (nSPS) is 11.8. The van der Waals surface area contributed by atoms with Crippen molar-refractivity contribution in [2.75, 3.05) is 0 Å². The summed E-state index contributed by atoms with van der Waals surface area (Å²) in [4.78, 5) is 0. The molecule has 0 amide bonds. The number of nitrogens with zero attached hydrogens (tertiary/aromatic N) is 2. The van der Waals surface area contributed by atoms with Gasteiger partial charge in [-0.1, -0.05) is 121 Å². The van der Waals surface area contributed by atoms with Crippen LogP contribution in [0.4, 0.5) is 0 Å². The maximum absolute atomic E-state index is 2.41. The Labute approximate surface area is 278 Å². The molecule has 8 aromatic carbocycles. The number of para-hydroxylation sites is 3. The highest BCUT2D eigenvalue weighted by Gasteiger charge is 2.16. The number of aromatic nitrogens is 2. The summed E-state index contributed by atoms with van der Waals surface area (Å²) in [6.07, 6.45) is 0. The van der Waals surface area contributed by atoms with E-state index in [1.807, 2.05) is 0 Å². The van der Waals surface area contributed by atoms with Gasteiger partial charge in [-0.2, -0.15) is 0 Å². The quantitative estimate of drug-likeness (QED) is 0.188. The lowest BCUT2D eigenvalue weighted by molar-refractivity contribution is 1.18. The van der Waals surface area contributed by atoms with Gasteiger partial charge in [0.2, 0.25) is 0 Å². The maximum Gasteiger partial charge on any atom is 0.0547 e. The van der Waals surface area contributed by atoms with Gasteiger partial charge in [0.05, 0.1) is 22.1 Å². The summed E-state index contributed by atoms with van der Waals surface area (Å²) in [7, 11) is 0. The Morgan fingerprint density at radius 2 is 0.792 bits per heavy atom. The summed E-state index contributed by atoms with van der Waals surface area (Å²) in [5.74, 6) is 0. The molecule has 0 saturated carbocycles. The van der Waals surface area contributed by atoms with Crippen LogP contribution in [0.1, 0.15) is 0 Å². The van der Waals surface area contributed by atoms with E-state index in [1.165, 1.54) is 88.0 Å². The molecule has 0 radical (unpaired) electrons. The Morgan fingerprint density at radius 3 is 1.58 bits per heavy atom. The third-order valence-corrected chi connectivity index (χ3v) is 9.91. The van der Waals surface area contributed by atoms with Gasteiger partial charge in [-0.05, 0) is 93.7 Å². The minimum absolute atomic E-state index is 1.17. The summed E-state index contributed by atoms with van der Waals surface area (Å²) >= 11 is 0. The van der Waals surface area contributed by atoms with Crippen molar-refractivity contribution in [3.05, 3.63) is 182 Å². The van der Waals surface area contributed by atoms with Crippen molar-refractivity contribution in [1.82, 2.24) is 9.13 Å². The molecule has 0 N–H and O–H groups in total. The maximum atomic E-state index is 2.41. The van der Waals surface area contributed by atoms with Gasteiger partial charge >= 0.3 is 0 Å². The van der Waals surface area contributed by atoms with Crippen LogP contribution in [0, 0.1) is 0 Å². The highest BCUT2D eigenvalue weighted by Crippen LogP contribution is 2.40. The van der Waals surface area contributed by atoms with Crippen molar-refractivity contribution in [2.24, 2.45) is 0 Å². The lowest BCUT2D eigenvalue weighted by Gasteiger charge is -2.10. The largest absolute Gasteiger partial charge is 0.309 e. The molecule has 2 heteroatoms. The van der Waals surface area contributed by atoms with Gasteiger partial charge in [0.25, 0.3) is 0 Å². The van der Waals surface area contributed by atoms with Gasteiger partial charge in [0.1, 0.15) is 0 Å². The molecule has 48 heavy (non-hydrogen) atoms. The molecule has 0 fully saturated rings. The van der Waals surface area contributed by atoms with E-state index >= 15 is 0 Å². The van der Waals surface area contributed by atoms with E-state index in [2.05, 4.69) is 191 Å². The lowest BCUT2D eigenvalue weighted by atomic mass is 9.97. The van der Waals surface area contributed by atoms with Crippen molar-refractivity contribution < 1.29 is 0 Å². The first-order chi connectivity index (χ1) is 23.8. The monoisotopic (exact) mass is 610 g/mol. The molecule has 0 bridgehead atoms. The number of fused-ring (bicyclic) bond motifs is 8. The van der Waals surface area contributed by atoms with Gasteiger partial charge in [0, 0.05) is 32.9 Å². The predicted octanol–water partition coefficient (Wildman–Crippen LogP) is 12.4. The van der Waals surface area contributed by atoms with Crippen LogP contribution < -0.4 is 0 Å². The number of benzene rings is 8. The molecule has 10 aromatic rings. The summed E-state index contributed by atoms with van der Waals surface area (Å²) in [6, 6.07) is 66.1. The van der Waals surface area contributed by atoms with Crippen molar-refractivity contribution in [3.8, 4) is 33.6 Å². The Bertz CT molecular complexity index is 2800. The van der Waals surface area contributed by atoms with Crippen LogP contribution in [-0.2, 0) is 0 Å². The Kier molecular flexibility index (Phi) is 5.91. The minimum atomic E-state index is 1.17. The second-order valence-electron chi connectivity index (χ2n) is 12.6. The van der Waals surface area contributed by atoms with E-state index in [4.69, 9.17) is 0 Å². The number of hydrogen-bond acceptors (Lipinski definition) is 0. The molecule has 0 spiro atoms. The lowest BCUT2D eigenvalue weighted by Crippen LogP contribution is -1.93. The first-order valence-corrected chi connectivity index (χ1v) is 16.5.